The summed E-state index contributed by atoms with van der Waals surface area (Å²) >= 11 is 0. The zero-order valence-corrected chi connectivity index (χ0v) is 11.5. The van der Waals surface area contributed by atoms with E-state index in [1.165, 1.54) is 0 Å². The van der Waals surface area contributed by atoms with Gasteiger partial charge in [-0.15, -0.1) is 0 Å². The van der Waals surface area contributed by atoms with Crippen LogP contribution in [0.1, 0.15) is 29.9 Å². The number of anilines is 1. The van der Waals surface area contributed by atoms with Gasteiger partial charge in [0.05, 0.1) is 18.8 Å². The lowest BCUT2D eigenvalue weighted by Crippen LogP contribution is -2.50. The Bertz CT molecular complexity index is 478. The number of hydrogen-bond donors (Lipinski definition) is 2. The second-order valence-corrected chi connectivity index (χ2v) is 4.98. The van der Waals surface area contributed by atoms with Crippen LogP contribution >= 0.6 is 0 Å². The molecule has 0 aliphatic carbocycles. The van der Waals surface area contributed by atoms with Gasteiger partial charge in [-0.05, 0) is 32.9 Å². The Kier molecular flexibility index (Phi) is 4.01. The van der Waals surface area contributed by atoms with Crippen LogP contribution in [0.2, 0.25) is 0 Å². The topological polar surface area (TPSA) is 80.5 Å². The zero-order chi connectivity index (χ0) is 14.0. The molecule has 1 aromatic rings. The lowest BCUT2D eigenvalue weighted by atomic mass is 10.1. The van der Waals surface area contributed by atoms with E-state index in [0.29, 0.717) is 24.5 Å². The number of carbonyl (C=O) groups is 1. The van der Waals surface area contributed by atoms with Crippen LogP contribution in [0, 0.1) is 6.92 Å². The van der Waals surface area contributed by atoms with Gasteiger partial charge in [0.25, 0.3) is 5.91 Å². The second-order valence-electron chi connectivity index (χ2n) is 4.98. The van der Waals surface area contributed by atoms with E-state index in [2.05, 4.69) is 10.4 Å². The summed E-state index contributed by atoms with van der Waals surface area (Å²) in [4.78, 5) is 18.6. The monoisotopic (exact) mass is 264 g/mol. The van der Waals surface area contributed by atoms with Gasteiger partial charge < -0.3 is 15.1 Å². The third kappa shape index (κ3) is 3.02. The molecule has 2 rings (SSSR count). The summed E-state index contributed by atoms with van der Waals surface area (Å²) in [7, 11) is 0. The van der Waals surface area contributed by atoms with E-state index < -0.39 is 0 Å². The second kappa shape index (κ2) is 5.54. The number of rotatable bonds is 2. The van der Waals surface area contributed by atoms with Gasteiger partial charge in [-0.1, -0.05) is 0 Å². The fourth-order valence-electron chi connectivity index (χ4n) is 2.22. The predicted octanol–water partition coefficient (Wildman–Crippen LogP) is 0.925. The van der Waals surface area contributed by atoms with E-state index in [9.17, 15) is 4.79 Å². The highest BCUT2D eigenvalue weighted by molar-refractivity contribution is 5.95. The van der Waals surface area contributed by atoms with Crippen molar-refractivity contribution in [2.75, 3.05) is 18.6 Å². The van der Waals surface area contributed by atoms with Crippen LogP contribution in [-0.2, 0) is 4.74 Å². The van der Waals surface area contributed by atoms with E-state index in [4.69, 9.17) is 10.6 Å². The summed E-state index contributed by atoms with van der Waals surface area (Å²) in [5, 5.41) is 0. The molecule has 1 aliphatic heterocycles. The third-order valence-electron chi connectivity index (χ3n) is 3.22. The molecule has 1 fully saturated rings. The minimum absolute atomic E-state index is 0.00958. The Hall–Kier alpha value is -1.66. The lowest BCUT2D eigenvalue weighted by Gasteiger charge is -2.36. The Balaban J connectivity index is 2.25. The lowest BCUT2D eigenvalue weighted by molar-refractivity contribution is -0.0387. The van der Waals surface area contributed by atoms with Crippen LogP contribution in [0.4, 0.5) is 5.82 Å². The van der Waals surface area contributed by atoms with Crippen molar-refractivity contribution in [3.05, 3.63) is 23.4 Å². The molecule has 2 unspecified atom stereocenters. The van der Waals surface area contributed by atoms with Crippen molar-refractivity contribution in [1.82, 2.24) is 9.88 Å². The van der Waals surface area contributed by atoms with Crippen LogP contribution in [-0.4, -0.2) is 41.1 Å². The Labute approximate surface area is 112 Å². The van der Waals surface area contributed by atoms with E-state index in [-0.39, 0.29) is 18.1 Å². The fourth-order valence-corrected chi connectivity index (χ4v) is 2.22. The zero-order valence-electron chi connectivity index (χ0n) is 11.5. The number of nitrogens with two attached hydrogens (primary N) is 1. The van der Waals surface area contributed by atoms with E-state index in [1.54, 1.807) is 12.1 Å². The molecule has 2 heterocycles. The first-order valence-corrected chi connectivity index (χ1v) is 6.39. The Morgan fingerprint density at radius 2 is 2.26 bits per heavy atom. The van der Waals surface area contributed by atoms with Gasteiger partial charge in [-0.2, -0.15) is 0 Å². The fraction of sp³-hybridized carbons (Fsp3) is 0.538. The molecule has 0 spiro atoms. The van der Waals surface area contributed by atoms with Gasteiger partial charge in [0.2, 0.25) is 0 Å². The molecule has 6 nitrogen and oxygen atoms in total. The molecular weight excluding hydrogens is 244 g/mol. The number of carbonyl (C=O) groups excluding carboxylic acids is 1. The highest BCUT2D eigenvalue weighted by Crippen LogP contribution is 2.17. The highest BCUT2D eigenvalue weighted by atomic mass is 16.5. The smallest absolute Gasteiger partial charge is 0.254 e. The Morgan fingerprint density at radius 3 is 2.95 bits per heavy atom. The number of hydrogen-bond acceptors (Lipinski definition) is 5. The summed E-state index contributed by atoms with van der Waals surface area (Å²) in [6.07, 6.45) is 0.0650. The molecule has 1 aliphatic rings. The molecule has 1 aromatic heterocycles. The first kappa shape index (κ1) is 13.8. The standard InChI is InChI=1S/C13H20N4O2/c1-8-4-11(5-12(15-8)16-14)13(18)17-6-10(3)19-7-9(17)2/h4-5,9-10H,6-7,14H2,1-3H3,(H,15,16). The number of morpholine rings is 1. The van der Waals surface area contributed by atoms with Crippen molar-refractivity contribution in [2.24, 2.45) is 5.84 Å². The number of hydrazine groups is 1. The number of nitrogens with one attached hydrogen (secondary N) is 1. The first-order chi connectivity index (χ1) is 9.01. The van der Waals surface area contributed by atoms with Crippen molar-refractivity contribution in [1.29, 1.82) is 0 Å². The van der Waals surface area contributed by atoms with Crippen molar-refractivity contribution in [2.45, 2.75) is 32.9 Å². The SMILES string of the molecule is Cc1cc(C(=O)N2CC(C)OCC2C)cc(NN)n1. The molecule has 1 saturated heterocycles. The van der Waals surface area contributed by atoms with Crippen LogP contribution in [0.3, 0.4) is 0 Å². The average molecular weight is 264 g/mol. The van der Waals surface area contributed by atoms with E-state index in [1.807, 2.05) is 25.7 Å². The van der Waals surface area contributed by atoms with Crippen molar-refractivity contribution in [3.8, 4) is 0 Å². The number of nitrogen functional groups attached to an aromatic ring is 1. The normalized spacial score (nSPS) is 23.3. The molecular formula is C13H20N4O2. The largest absolute Gasteiger partial charge is 0.375 e. The van der Waals surface area contributed by atoms with Gasteiger partial charge in [-0.25, -0.2) is 10.8 Å². The van der Waals surface area contributed by atoms with Gasteiger partial charge in [-0.3, -0.25) is 4.79 Å². The maximum Gasteiger partial charge on any atom is 0.254 e. The number of nitrogens with zero attached hydrogens (tertiary/aromatic N) is 2. The quantitative estimate of drug-likeness (QED) is 0.613. The van der Waals surface area contributed by atoms with Gasteiger partial charge in [0, 0.05) is 17.8 Å². The highest BCUT2D eigenvalue weighted by Gasteiger charge is 2.28. The minimum atomic E-state index is -0.00958. The van der Waals surface area contributed by atoms with Crippen molar-refractivity contribution >= 4 is 11.7 Å². The molecule has 0 radical (unpaired) electrons. The molecule has 0 saturated carbocycles. The number of aryl methyl sites for hydroxylation is 1. The molecule has 104 valence electrons. The molecule has 0 bridgehead atoms. The summed E-state index contributed by atoms with van der Waals surface area (Å²) in [5.74, 6) is 5.85. The number of aromatic nitrogens is 1. The molecule has 2 atom stereocenters. The molecule has 3 N–H and O–H groups in total. The third-order valence-corrected chi connectivity index (χ3v) is 3.22. The molecule has 19 heavy (non-hydrogen) atoms. The van der Waals surface area contributed by atoms with E-state index >= 15 is 0 Å². The van der Waals surface area contributed by atoms with Gasteiger partial charge in [0.1, 0.15) is 5.82 Å². The number of pyridine rings is 1. The van der Waals surface area contributed by atoms with Crippen LogP contribution in [0.5, 0.6) is 0 Å². The Morgan fingerprint density at radius 1 is 1.53 bits per heavy atom. The van der Waals surface area contributed by atoms with Crippen LogP contribution in [0.25, 0.3) is 0 Å². The number of amides is 1. The van der Waals surface area contributed by atoms with Crippen molar-refractivity contribution in [3.63, 3.8) is 0 Å². The van der Waals surface area contributed by atoms with E-state index in [0.717, 1.165) is 5.69 Å². The summed E-state index contributed by atoms with van der Waals surface area (Å²) < 4.78 is 5.54. The maximum absolute atomic E-state index is 12.6. The summed E-state index contributed by atoms with van der Waals surface area (Å²) in [5.41, 5.74) is 3.84. The van der Waals surface area contributed by atoms with Crippen LogP contribution < -0.4 is 11.3 Å². The van der Waals surface area contributed by atoms with Gasteiger partial charge in [0.15, 0.2) is 0 Å². The predicted molar refractivity (Wildman–Crippen MR) is 72.7 cm³/mol. The van der Waals surface area contributed by atoms with Gasteiger partial charge >= 0.3 is 0 Å². The number of ether oxygens (including phenoxy) is 1. The van der Waals surface area contributed by atoms with Crippen molar-refractivity contribution < 1.29 is 9.53 Å². The maximum atomic E-state index is 12.6. The van der Waals surface area contributed by atoms with Crippen LogP contribution in [0.15, 0.2) is 12.1 Å². The molecule has 6 heteroatoms. The molecule has 0 aromatic carbocycles. The summed E-state index contributed by atoms with van der Waals surface area (Å²) in [6.45, 7) is 6.96. The molecule has 1 amide bonds. The minimum Gasteiger partial charge on any atom is -0.375 e. The average Bonchev–Trinajstić information content (AvgIpc) is 2.40. The summed E-state index contributed by atoms with van der Waals surface area (Å²) in [6, 6.07) is 3.52. The first-order valence-electron chi connectivity index (χ1n) is 6.39.